The first kappa shape index (κ1) is 23.9. The number of nitrogens with zero attached hydrogens (tertiary/aromatic N) is 1. The summed E-state index contributed by atoms with van der Waals surface area (Å²) in [5.74, 6) is 1.10. The monoisotopic (exact) mass is 503 g/mol. The Morgan fingerprint density at radius 1 is 1.08 bits per heavy atom. The zero-order chi connectivity index (χ0) is 25.6. The van der Waals surface area contributed by atoms with Gasteiger partial charge in [0.15, 0.2) is 22.3 Å². The molecule has 3 atom stereocenters. The summed E-state index contributed by atoms with van der Waals surface area (Å²) in [6.07, 6.45) is 0. The molecule has 0 unspecified atom stereocenters. The molecule has 0 spiro atoms. The van der Waals surface area contributed by atoms with E-state index in [4.69, 9.17) is 26.4 Å². The van der Waals surface area contributed by atoms with Crippen LogP contribution in [0.3, 0.4) is 0 Å². The molecular formula is C28H29N3O4S. The number of nitrogens with one attached hydrogen (secondary N) is 2. The van der Waals surface area contributed by atoms with Gasteiger partial charge in [0, 0.05) is 16.9 Å². The minimum atomic E-state index is -1.15. The van der Waals surface area contributed by atoms with E-state index in [1.165, 1.54) is 0 Å². The lowest BCUT2D eigenvalue weighted by molar-refractivity contribution is -0.130. The third-order valence-corrected chi connectivity index (χ3v) is 7.26. The summed E-state index contributed by atoms with van der Waals surface area (Å²) in [5, 5.41) is 7.04. The molecule has 2 aliphatic heterocycles. The van der Waals surface area contributed by atoms with E-state index in [0.717, 1.165) is 33.8 Å². The van der Waals surface area contributed by atoms with Gasteiger partial charge in [0.1, 0.15) is 11.7 Å². The van der Waals surface area contributed by atoms with Gasteiger partial charge < -0.3 is 24.8 Å². The summed E-state index contributed by atoms with van der Waals surface area (Å²) in [6, 6.07) is 18.8. The van der Waals surface area contributed by atoms with Crippen molar-refractivity contribution in [1.29, 1.82) is 0 Å². The standard InChI is InChI=1S/C28H29N3O4S/c1-16-9-14-21(17(2)15-16)29-26(32)23-24-20-7-6-8-22(34-5)25(20)35-28(23,3)31(27(36)30-24)18-10-12-19(33-4)13-11-18/h6-15,23-24H,1-5H3,(H,29,32)(H,30,36)/t23-,24-,28-/m0/s1. The highest BCUT2D eigenvalue weighted by Gasteiger charge is 2.59. The van der Waals surface area contributed by atoms with Gasteiger partial charge in [-0.15, -0.1) is 0 Å². The third kappa shape index (κ3) is 3.82. The second-order valence-electron chi connectivity index (χ2n) is 9.28. The SMILES string of the molecule is COc1ccc(N2C(=S)N[C@H]3c4cccc(OC)c4O[C@@]2(C)[C@@H]3C(=O)Nc2ccc(C)cc2C)cc1. The Hall–Kier alpha value is -3.78. The fourth-order valence-corrected chi connectivity index (χ4v) is 5.63. The normalized spacial score (nSPS) is 22.1. The highest BCUT2D eigenvalue weighted by molar-refractivity contribution is 7.80. The molecule has 2 aliphatic rings. The molecule has 1 amide bonds. The maximum atomic E-state index is 14.0. The second-order valence-corrected chi connectivity index (χ2v) is 9.67. The smallest absolute Gasteiger partial charge is 0.236 e. The van der Waals surface area contributed by atoms with E-state index in [1.807, 2.05) is 86.3 Å². The molecule has 5 rings (SSSR count). The molecule has 0 radical (unpaired) electrons. The molecule has 7 nitrogen and oxygen atoms in total. The number of hydrogen-bond acceptors (Lipinski definition) is 5. The number of amides is 1. The van der Waals surface area contributed by atoms with Crippen molar-refractivity contribution in [3.05, 3.63) is 77.4 Å². The summed E-state index contributed by atoms with van der Waals surface area (Å²) in [7, 11) is 3.23. The number of aryl methyl sites for hydroxylation is 2. The van der Waals surface area contributed by atoms with Gasteiger partial charge in [-0.25, -0.2) is 0 Å². The molecule has 1 saturated heterocycles. The molecule has 0 aliphatic carbocycles. The highest BCUT2D eigenvalue weighted by atomic mass is 32.1. The fraction of sp³-hybridized carbons (Fsp3) is 0.286. The number of benzene rings is 3. The highest BCUT2D eigenvalue weighted by Crippen LogP contribution is 2.52. The molecule has 3 aromatic carbocycles. The molecule has 36 heavy (non-hydrogen) atoms. The lowest BCUT2D eigenvalue weighted by Crippen LogP contribution is -2.72. The van der Waals surface area contributed by atoms with E-state index in [1.54, 1.807) is 14.2 Å². The first-order valence-electron chi connectivity index (χ1n) is 11.8. The van der Waals surface area contributed by atoms with Gasteiger partial charge in [0.2, 0.25) is 5.91 Å². The van der Waals surface area contributed by atoms with E-state index < -0.39 is 17.7 Å². The summed E-state index contributed by atoms with van der Waals surface area (Å²) in [6.45, 7) is 5.92. The number of carbonyl (C=O) groups is 1. The van der Waals surface area contributed by atoms with Crippen LogP contribution in [0, 0.1) is 19.8 Å². The number of ether oxygens (including phenoxy) is 3. The number of anilines is 2. The van der Waals surface area contributed by atoms with Gasteiger partial charge in [0.05, 0.1) is 20.3 Å². The maximum Gasteiger partial charge on any atom is 0.236 e. The summed E-state index contributed by atoms with van der Waals surface area (Å²) in [5.41, 5.74) is 3.34. The number of carbonyl (C=O) groups excluding carboxylic acids is 1. The van der Waals surface area contributed by atoms with Crippen LogP contribution < -0.4 is 29.7 Å². The van der Waals surface area contributed by atoms with Crippen molar-refractivity contribution in [3.63, 3.8) is 0 Å². The third-order valence-electron chi connectivity index (χ3n) is 6.96. The summed E-state index contributed by atoms with van der Waals surface area (Å²) >= 11 is 5.83. The fourth-order valence-electron chi connectivity index (χ4n) is 5.22. The number of rotatable bonds is 5. The first-order valence-corrected chi connectivity index (χ1v) is 12.2. The average Bonchev–Trinajstić information content (AvgIpc) is 2.85. The Morgan fingerprint density at radius 2 is 1.83 bits per heavy atom. The Morgan fingerprint density at radius 3 is 2.50 bits per heavy atom. The molecule has 2 N–H and O–H groups in total. The molecule has 3 aromatic rings. The van der Waals surface area contributed by atoms with Crippen LogP contribution in [0.15, 0.2) is 60.7 Å². The van der Waals surface area contributed by atoms with Crippen molar-refractivity contribution in [2.24, 2.45) is 5.92 Å². The number of para-hydroxylation sites is 1. The molecule has 2 bridgehead atoms. The number of hydrogen-bond donors (Lipinski definition) is 2. The van der Waals surface area contributed by atoms with Crippen LogP contribution >= 0.6 is 12.2 Å². The van der Waals surface area contributed by atoms with E-state index >= 15 is 0 Å². The molecule has 1 fully saturated rings. The van der Waals surface area contributed by atoms with Gasteiger partial charge in [-0.05, 0) is 75.0 Å². The van der Waals surface area contributed by atoms with Crippen LogP contribution in [0.5, 0.6) is 17.2 Å². The number of thiocarbonyl (C=S) groups is 1. The van der Waals surface area contributed by atoms with Crippen LogP contribution in [0.4, 0.5) is 11.4 Å². The van der Waals surface area contributed by atoms with Crippen molar-refractivity contribution in [1.82, 2.24) is 5.32 Å². The van der Waals surface area contributed by atoms with E-state index in [2.05, 4.69) is 10.6 Å². The predicted molar refractivity (Wildman–Crippen MR) is 144 cm³/mol. The van der Waals surface area contributed by atoms with Gasteiger partial charge in [0.25, 0.3) is 0 Å². The Kier molecular flexibility index (Phi) is 6.00. The van der Waals surface area contributed by atoms with E-state index in [9.17, 15) is 4.79 Å². The van der Waals surface area contributed by atoms with Crippen LogP contribution in [-0.4, -0.2) is 31.0 Å². The van der Waals surface area contributed by atoms with E-state index in [-0.39, 0.29) is 5.91 Å². The van der Waals surface area contributed by atoms with Crippen LogP contribution in [0.25, 0.3) is 0 Å². The van der Waals surface area contributed by atoms with Crippen molar-refractivity contribution < 1.29 is 19.0 Å². The topological polar surface area (TPSA) is 72.1 Å². The Balaban J connectivity index is 1.63. The van der Waals surface area contributed by atoms with Crippen LogP contribution in [0.2, 0.25) is 0 Å². The minimum Gasteiger partial charge on any atom is -0.497 e. The maximum absolute atomic E-state index is 14.0. The molecule has 0 saturated carbocycles. The Labute approximate surface area is 216 Å². The van der Waals surface area contributed by atoms with Gasteiger partial charge in [-0.2, -0.15) is 0 Å². The lowest BCUT2D eigenvalue weighted by Gasteiger charge is -2.56. The van der Waals surface area contributed by atoms with Crippen molar-refractivity contribution >= 4 is 34.6 Å². The zero-order valence-electron chi connectivity index (χ0n) is 20.9. The Bertz CT molecular complexity index is 1340. The lowest BCUT2D eigenvalue weighted by atomic mass is 9.78. The molecule has 0 aromatic heterocycles. The van der Waals surface area contributed by atoms with Crippen molar-refractivity contribution in [2.75, 3.05) is 24.4 Å². The molecule has 186 valence electrons. The van der Waals surface area contributed by atoms with Crippen molar-refractivity contribution in [3.8, 4) is 17.2 Å². The summed E-state index contributed by atoms with van der Waals surface area (Å²) in [4.78, 5) is 15.9. The van der Waals surface area contributed by atoms with Crippen LogP contribution in [0.1, 0.15) is 29.7 Å². The zero-order valence-corrected chi connectivity index (χ0v) is 21.7. The summed E-state index contributed by atoms with van der Waals surface area (Å²) < 4.78 is 17.7. The second kappa shape index (κ2) is 9.02. The molecular weight excluding hydrogens is 474 g/mol. The quantitative estimate of drug-likeness (QED) is 0.468. The first-order chi connectivity index (χ1) is 17.3. The predicted octanol–water partition coefficient (Wildman–Crippen LogP) is 5.12. The minimum absolute atomic E-state index is 0.170. The largest absolute Gasteiger partial charge is 0.497 e. The van der Waals surface area contributed by atoms with Gasteiger partial charge >= 0.3 is 0 Å². The van der Waals surface area contributed by atoms with Gasteiger partial charge in [-0.3, -0.25) is 9.69 Å². The molecule has 2 heterocycles. The number of fused-ring (bicyclic) bond motifs is 4. The number of methoxy groups -OCH3 is 2. The average molecular weight is 504 g/mol. The van der Waals surface area contributed by atoms with Crippen LogP contribution in [-0.2, 0) is 4.79 Å². The van der Waals surface area contributed by atoms with Crippen molar-refractivity contribution in [2.45, 2.75) is 32.5 Å². The van der Waals surface area contributed by atoms with E-state index in [0.29, 0.717) is 16.6 Å². The molecule has 8 heteroatoms. The van der Waals surface area contributed by atoms with Gasteiger partial charge in [-0.1, -0.05) is 29.8 Å².